The SMILES string of the molecule is CS.Nc1cc(-c2[nH]c3c(c2Nc2ccccc2)C(=O)CC(CO)C3)ccn1. The van der Waals surface area contributed by atoms with Gasteiger partial charge in [-0.15, -0.1) is 0 Å². The van der Waals surface area contributed by atoms with Crippen molar-refractivity contribution in [1.29, 1.82) is 0 Å². The molecule has 1 aromatic carbocycles. The minimum Gasteiger partial charge on any atom is -0.396 e. The number of Topliss-reactive ketones (excluding diaryl/α,β-unsaturated/α-hetero) is 1. The normalized spacial score (nSPS) is 15.4. The number of carbonyl (C=O) groups is 1. The van der Waals surface area contributed by atoms with Crippen LogP contribution in [0.2, 0.25) is 0 Å². The first-order chi connectivity index (χ1) is 13.7. The number of pyridine rings is 1. The van der Waals surface area contributed by atoms with Gasteiger partial charge in [0.25, 0.3) is 0 Å². The maximum atomic E-state index is 12.8. The Balaban J connectivity index is 0.00000109. The first-order valence-electron chi connectivity index (χ1n) is 9.03. The maximum Gasteiger partial charge on any atom is 0.167 e. The van der Waals surface area contributed by atoms with Crippen LogP contribution in [0.3, 0.4) is 0 Å². The van der Waals surface area contributed by atoms with E-state index in [-0.39, 0.29) is 18.3 Å². The number of hydrogen-bond acceptors (Lipinski definition) is 6. The van der Waals surface area contributed by atoms with E-state index in [4.69, 9.17) is 5.73 Å². The van der Waals surface area contributed by atoms with E-state index in [0.717, 1.165) is 28.3 Å². The number of carbonyl (C=O) groups excluding carboxylic acids is 1. The summed E-state index contributed by atoms with van der Waals surface area (Å²) in [6.45, 7) is 0.00316. The molecule has 0 saturated carbocycles. The summed E-state index contributed by atoms with van der Waals surface area (Å²) < 4.78 is 0. The molecule has 1 aliphatic rings. The number of nitrogen functional groups attached to an aromatic ring is 1. The first kappa shape index (κ1) is 20.0. The molecule has 146 valence electrons. The molecule has 0 radical (unpaired) electrons. The number of aromatic nitrogens is 2. The second kappa shape index (κ2) is 8.95. The molecule has 3 aromatic rings. The highest BCUT2D eigenvalue weighted by atomic mass is 32.1. The summed E-state index contributed by atoms with van der Waals surface area (Å²) in [5, 5.41) is 12.9. The molecule has 0 amide bonds. The van der Waals surface area contributed by atoms with Crippen LogP contribution in [-0.2, 0) is 6.42 Å². The van der Waals surface area contributed by atoms with Crippen molar-refractivity contribution in [3.63, 3.8) is 0 Å². The van der Waals surface area contributed by atoms with Gasteiger partial charge in [0.1, 0.15) is 5.82 Å². The van der Waals surface area contributed by atoms with Gasteiger partial charge in [0.2, 0.25) is 0 Å². The van der Waals surface area contributed by atoms with Gasteiger partial charge in [0.05, 0.1) is 16.9 Å². The van der Waals surface area contributed by atoms with Crippen molar-refractivity contribution in [2.75, 3.05) is 23.9 Å². The summed E-state index contributed by atoms with van der Waals surface area (Å²) in [5.41, 5.74) is 10.7. The molecule has 0 saturated heterocycles. The van der Waals surface area contributed by atoms with Crippen molar-refractivity contribution in [3.8, 4) is 11.3 Å². The summed E-state index contributed by atoms with van der Waals surface area (Å²) in [7, 11) is 0. The highest BCUT2D eigenvalue weighted by molar-refractivity contribution is 7.79. The van der Waals surface area contributed by atoms with Crippen molar-refractivity contribution >= 4 is 35.6 Å². The summed E-state index contributed by atoms with van der Waals surface area (Å²) in [6, 6.07) is 13.4. The topological polar surface area (TPSA) is 104 Å². The molecule has 6 nitrogen and oxygen atoms in total. The molecule has 7 heteroatoms. The number of hydrogen-bond donors (Lipinski definition) is 5. The predicted molar refractivity (Wildman–Crippen MR) is 116 cm³/mol. The number of aliphatic hydroxyl groups excluding tert-OH is 1. The predicted octanol–water partition coefficient (Wildman–Crippen LogP) is 3.69. The molecule has 4 rings (SSSR count). The van der Waals surface area contributed by atoms with Crippen LogP contribution in [0.1, 0.15) is 22.5 Å². The van der Waals surface area contributed by atoms with E-state index >= 15 is 0 Å². The highest BCUT2D eigenvalue weighted by Gasteiger charge is 2.31. The Labute approximate surface area is 169 Å². The summed E-state index contributed by atoms with van der Waals surface area (Å²) in [6.07, 6.45) is 4.33. The third kappa shape index (κ3) is 4.05. The fourth-order valence-electron chi connectivity index (χ4n) is 3.48. The van der Waals surface area contributed by atoms with Gasteiger partial charge < -0.3 is 21.1 Å². The number of benzene rings is 1. The second-order valence-electron chi connectivity index (χ2n) is 6.57. The average molecular weight is 397 g/mol. The van der Waals surface area contributed by atoms with Gasteiger partial charge in [0.15, 0.2) is 5.78 Å². The van der Waals surface area contributed by atoms with Crippen molar-refractivity contribution in [1.82, 2.24) is 9.97 Å². The molecule has 1 atom stereocenters. The Morgan fingerprint density at radius 3 is 2.68 bits per heavy atom. The van der Waals surface area contributed by atoms with E-state index in [1.54, 1.807) is 18.5 Å². The summed E-state index contributed by atoms with van der Waals surface area (Å²) >= 11 is 3.53. The lowest BCUT2D eigenvalue weighted by molar-refractivity contribution is 0.0919. The van der Waals surface area contributed by atoms with Crippen molar-refractivity contribution in [2.24, 2.45) is 5.92 Å². The van der Waals surface area contributed by atoms with Crippen LogP contribution in [0.15, 0.2) is 48.7 Å². The van der Waals surface area contributed by atoms with Crippen LogP contribution in [0, 0.1) is 5.92 Å². The second-order valence-corrected chi connectivity index (χ2v) is 6.57. The number of aromatic amines is 1. The zero-order chi connectivity index (χ0) is 20.1. The maximum absolute atomic E-state index is 12.8. The van der Waals surface area contributed by atoms with Crippen molar-refractivity contribution in [3.05, 3.63) is 59.9 Å². The van der Waals surface area contributed by atoms with Crippen LogP contribution < -0.4 is 11.1 Å². The molecule has 0 fully saturated rings. The van der Waals surface area contributed by atoms with Crippen LogP contribution in [0.5, 0.6) is 0 Å². The third-order valence-corrected chi connectivity index (χ3v) is 4.69. The number of nitrogens with two attached hydrogens (primary N) is 1. The lowest BCUT2D eigenvalue weighted by Crippen LogP contribution is -2.22. The third-order valence-electron chi connectivity index (χ3n) is 4.69. The van der Waals surface area contributed by atoms with Gasteiger partial charge in [-0.05, 0) is 42.9 Å². The molecule has 5 N–H and O–H groups in total. The van der Waals surface area contributed by atoms with Gasteiger partial charge >= 0.3 is 0 Å². The van der Waals surface area contributed by atoms with Gasteiger partial charge in [-0.2, -0.15) is 12.6 Å². The quantitative estimate of drug-likeness (QED) is 0.433. The summed E-state index contributed by atoms with van der Waals surface area (Å²) in [5.74, 6) is 0.405. The minimum absolute atomic E-state index is 0.00316. The van der Waals surface area contributed by atoms with Gasteiger partial charge in [0, 0.05) is 36.2 Å². The largest absolute Gasteiger partial charge is 0.396 e. The molecule has 1 unspecified atom stereocenters. The van der Waals surface area contributed by atoms with Crippen LogP contribution in [0.25, 0.3) is 11.3 Å². The Hall–Kier alpha value is -2.77. The Kier molecular flexibility index (Phi) is 6.38. The molecule has 2 aromatic heterocycles. The average Bonchev–Trinajstić information content (AvgIpc) is 3.09. The number of para-hydroxylation sites is 1. The number of thiol groups is 1. The molecule has 28 heavy (non-hydrogen) atoms. The van der Waals surface area contributed by atoms with Crippen LogP contribution in [-0.4, -0.2) is 33.7 Å². The number of fused-ring (bicyclic) bond motifs is 1. The molecule has 1 aliphatic carbocycles. The zero-order valence-electron chi connectivity index (χ0n) is 15.6. The van der Waals surface area contributed by atoms with Crippen molar-refractivity contribution in [2.45, 2.75) is 12.8 Å². The molecule has 0 spiro atoms. The molecular weight excluding hydrogens is 372 g/mol. The van der Waals surface area contributed by atoms with E-state index in [9.17, 15) is 9.90 Å². The lowest BCUT2D eigenvalue weighted by Gasteiger charge is -2.20. The first-order valence-corrected chi connectivity index (χ1v) is 9.92. The fraction of sp³-hybridized carbons (Fsp3) is 0.238. The molecular formula is C21H24N4O2S. The molecule has 0 aliphatic heterocycles. The minimum atomic E-state index is -0.0476. The number of H-pyrrole nitrogens is 1. The van der Waals surface area contributed by atoms with Crippen molar-refractivity contribution < 1.29 is 9.90 Å². The Morgan fingerprint density at radius 1 is 1.25 bits per heavy atom. The number of ketones is 1. The van der Waals surface area contributed by atoms with Gasteiger partial charge in [-0.25, -0.2) is 4.98 Å². The molecule has 0 bridgehead atoms. The zero-order valence-corrected chi connectivity index (χ0v) is 16.5. The smallest absolute Gasteiger partial charge is 0.167 e. The Morgan fingerprint density at radius 2 is 2.00 bits per heavy atom. The molecule has 2 heterocycles. The van der Waals surface area contributed by atoms with E-state index in [0.29, 0.717) is 24.2 Å². The highest BCUT2D eigenvalue weighted by Crippen LogP contribution is 2.40. The number of nitrogens with one attached hydrogen (secondary N) is 2. The van der Waals surface area contributed by atoms with Crippen LogP contribution >= 0.6 is 12.6 Å². The lowest BCUT2D eigenvalue weighted by atomic mass is 9.86. The Bertz CT molecular complexity index is 956. The fourth-order valence-corrected chi connectivity index (χ4v) is 3.48. The van der Waals surface area contributed by atoms with Gasteiger partial charge in [-0.3, -0.25) is 4.79 Å². The van der Waals surface area contributed by atoms with E-state index in [1.807, 2.05) is 36.4 Å². The van der Waals surface area contributed by atoms with E-state index in [1.165, 1.54) is 0 Å². The number of anilines is 3. The number of nitrogens with zero attached hydrogens (tertiary/aromatic N) is 1. The van der Waals surface area contributed by atoms with Crippen LogP contribution in [0.4, 0.5) is 17.2 Å². The monoisotopic (exact) mass is 396 g/mol. The number of rotatable bonds is 4. The van der Waals surface area contributed by atoms with Gasteiger partial charge in [-0.1, -0.05) is 18.2 Å². The summed E-state index contributed by atoms with van der Waals surface area (Å²) in [4.78, 5) is 20.2. The van der Waals surface area contributed by atoms with E-state index in [2.05, 4.69) is 27.9 Å². The standard InChI is InChI=1S/C20H20N4O2.CH4S/c21-17-10-13(6-7-22-17)19-20(23-14-4-2-1-3-5-14)18-15(24-19)8-12(11-25)9-16(18)26;1-2/h1-7,10,12,23-25H,8-9,11H2,(H2,21,22);2H,1H3. The van der Waals surface area contributed by atoms with E-state index < -0.39 is 0 Å². The number of aliphatic hydroxyl groups is 1.